The monoisotopic (exact) mass is 608 g/mol. The largest absolute Gasteiger partial charge is 0.0808 e. The second kappa shape index (κ2) is 11.1. The summed E-state index contributed by atoms with van der Waals surface area (Å²) in [4.78, 5) is 0. The number of hydrogen-bond donors (Lipinski definition) is 0. The highest BCUT2D eigenvalue weighted by Gasteiger charge is 2.37. The van der Waals surface area contributed by atoms with Gasteiger partial charge in [-0.1, -0.05) is 164 Å². The minimum Gasteiger partial charge on any atom is -0.0808 e. The lowest BCUT2D eigenvalue weighted by Gasteiger charge is -2.35. The van der Waals surface area contributed by atoms with Gasteiger partial charge in [0.25, 0.3) is 0 Å². The van der Waals surface area contributed by atoms with Crippen molar-refractivity contribution in [1.82, 2.24) is 0 Å². The van der Waals surface area contributed by atoms with Crippen molar-refractivity contribution in [1.29, 1.82) is 0 Å². The van der Waals surface area contributed by atoms with Crippen molar-refractivity contribution in [3.05, 3.63) is 147 Å². The van der Waals surface area contributed by atoms with Crippen LogP contribution in [-0.2, 0) is 29.1 Å². The molecule has 0 radical (unpaired) electrons. The molecule has 0 bridgehead atoms. The van der Waals surface area contributed by atoms with Crippen molar-refractivity contribution < 1.29 is 0 Å². The first-order valence-electron chi connectivity index (χ1n) is 16.9. The average molecular weight is 609 g/mol. The Kier molecular flexibility index (Phi) is 7.80. The Labute approximate surface area is 274 Å². The van der Waals surface area contributed by atoms with Gasteiger partial charge in [-0.2, -0.15) is 0 Å². The molecular formula is C44H52Si. The van der Waals surface area contributed by atoms with Gasteiger partial charge in [0.05, 0.1) is 8.07 Å². The molecule has 0 N–H and O–H groups in total. The van der Waals surface area contributed by atoms with Crippen LogP contribution in [-0.4, -0.2) is 8.07 Å². The summed E-state index contributed by atoms with van der Waals surface area (Å²) in [6, 6.07) is 32.4. The Hall–Kier alpha value is -3.42. The Balaban J connectivity index is 1.67. The first kappa shape index (κ1) is 31.6. The Bertz CT molecular complexity index is 1760. The third-order valence-electron chi connectivity index (χ3n) is 10.4. The number of allylic oxidation sites excluding steroid dienone is 4. The van der Waals surface area contributed by atoms with Crippen LogP contribution in [0.1, 0.15) is 99.4 Å². The van der Waals surface area contributed by atoms with E-state index in [2.05, 4.69) is 165 Å². The maximum atomic E-state index is 2.60. The summed E-state index contributed by atoms with van der Waals surface area (Å²) >= 11 is 0. The van der Waals surface area contributed by atoms with Crippen molar-refractivity contribution in [2.45, 2.75) is 104 Å². The van der Waals surface area contributed by atoms with Crippen LogP contribution < -0.4 is 0 Å². The fraction of sp³-hybridized carbons (Fsp3) is 0.364. The van der Waals surface area contributed by atoms with Gasteiger partial charge in [-0.15, -0.1) is 0 Å². The molecule has 0 aromatic heterocycles. The molecule has 0 fully saturated rings. The summed E-state index contributed by atoms with van der Waals surface area (Å²) in [6.07, 6.45) is 8.13. The van der Waals surface area contributed by atoms with E-state index < -0.39 is 8.07 Å². The number of benzene rings is 4. The van der Waals surface area contributed by atoms with Crippen LogP contribution in [0, 0.1) is 0 Å². The average Bonchev–Trinajstić information content (AvgIpc) is 3.62. The van der Waals surface area contributed by atoms with Crippen LogP contribution in [0.15, 0.2) is 102 Å². The molecule has 1 heteroatoms. The van der Waals surface area contributed by atoms with Crippen LogP contribution in [0.5, 0.6) is 0 Å². The zero-order valence-electron chi connectivity index (χ0n) is 29.4. The molecule has 45 heavy (non-hydrogen) atoms. The summed E-state index contributed by atoms with van der Waals surface area (Å²) in [6.45, 7) is 24.2. The quantitative estimate of drug-likeness (QED) is 0.168. The molecule has 2 aliphatic rings. The fourth-order valence-electron chi connectivity index (χ4n) is 7.57. The van der Waals surface area contributed by atoms with Gasteiger partial charge in [-0.3, -0.25) is 0 Å². The molecule has 0 atom stereocenters. The third-order valence-corrected chi connectivity index (χ3v) is 12.5. The third kappa shape index (κ3) is 5.85. The molecule has 0 amide bonds. The predicted molar refractivity (Wildman–Crippen MR) is 199 cm³/mol. The van der Waals surface area contributed by atoms with Crippen molar-refractivity contribution in [2.75, 3.05) is 0 Å². The smallest absolute Gasteiger partial charge is 0.0772 e. The van der Waals surface area contributed by atoms with Crippen LogP contribution in [0.25, 0.3) is 16.7 Å². The highest BCUT2D eigenvalue weighted by molar-refractivity contribution is 6.84. The maximum Gasteiger partial charge on any atom is 0.0772 e. The first-order valence-corrected chi connectivity index (χ1v) is 20.4. The predicted octanol–water partition coefficient (Wildman–Crippen LogP) is 12.0. The van der Waals surface area contributed by atoms with E-state index in [9.17, 15) is 0 Å². The van der Waals surface area contributed by atoms with E-state index in [0.29, 0.717) is 0 Å². The summed E-state index contributed by atoms with van der Waals surface area (Å²) in [7, 11) is -1.44. The molecule has 0 unspecified atom stereocenters. The lowest BCUT2D eigenvalue weighted by atomic mass is 9.68. The molecule has 0 saturated carbocycles. The zero-order chi connectivity index (χ0) is 32.4. The molecule has 4 aromatic rings. The molecule has 0 heterocycles. The molecule has 2 aliphatic carbocycles. The van der Waals surface area contributed by atoms with Crippen molar-refractivity contribution >= 4 is 13.6 Å². The Morgan fingerprint density at radius 3 is 1.76 bits per heavy atom. The van der Waals surface area contributed by atoms with Gasteiger partial charge in [0.15, 0.2) is 0 Å². The SMILES string of the molecule is CC(C)(C)c1ccc2c(c1)-c1cc(C(C)(C)C)c(C3=CC([Si](C)(C)C)=CC3)c(CC(C)(c3ccccc3)c3ccccc3)c1C2. The van der Waals surface area contributed by atoms with Gasteiger partial charge >= 0.3 is 0 Å². The molecule has 0 spiro atoms. The van der Waals surface area contributed by atoms with E-state index in [1.54, 1.807) is 16.3 Å². The van der Waals surface area contributed by atoms with Crippen LogP contribution in [0.4, 0.5) is 0 Å². The normalized spacial score (nSPS) is 15.1. The first-order chi connectivity index (χ1) is 21.1. The van der Waals surface area contributed by atoms with Crippen molar-refractivity contribution in [3.63, 3.8) is 0 Å². The van der Waals surface area contributed by atoms with E-state index in [4.69, 9.17) is 0 Å². The number of fused-ring (bicyclic) bond motifs is 3. The summed E-state index contributed by atoms with van der Waals surface area (Å²) in [5, 5.41) is 1.59. The summed E-state index contributed by atoms with van der Waals surface area (Å²) in [5.41, 5.74) is 16.1. The van der Waals surface area contributed by atoms with Gasteiger partial charge in [0, 0.05) is 5.41 Å². The van der Waals surface area contributed by atoms with Gasteiger partial charge < -0.3 is 0 Å². The molecule has 0 aliphatic heterocycles. The second-order valence-electron chi connectivity index (χ2n) is 16.9. The van der Waals surface area contributed by atoms with Crippen molar-refractivity contribution in [2.24, 2.45) is 0 Å². The molecule has 0 nitrogen and oxygen atoms in total. The molecular weight excluding hydrogens is 557 g/mol. The van der Waals surface area contributed by atoms with E-state index in [0.717, 1.165) is 19.3 Å². The molecule has 6 rings (SSSR count). The zero-order valence-corrected chi connectivity index (χ0v) is 30.4. The maximum absolute atomic E-state index is 2.60. The standard InChI is InChI=1S/C44H52Si/c1-42(2,3)34-23-21-30-26-37-38(36(30)27-34)28-40(43(4,5)6)41(31-22-24-35(25-31)45(8,9)10)39(37)29-44(7,32-17-13-11-14-18-32)33-19-15-12-16-20-33/h11-21,23-25,27-28H,22,26,29H2,1-10H3. The van der Waals surface area contributed by atoms with E-state index >= 15 is 0 Å². The highest BCUT2D eigenvalue weighted by atomic mass is 28.3. The molecule has 232 valence electrons. The highest BCUT2D eigenvalue weighted by Crippen LogP contribution is 2.50. The van der Waals surface area contributed by atoms with E-state index in [1.807, 2.05) is 0 Å². The lowest BCUT2D eigenvalue weighted by molar-refractivity contribution is 0.557. The van der Waals surface area contributed by atoms with E-state index in [-0.39, 0.29) is 16.2 Å². The van der Waals surface area contributed by atoms with Crippen molar-refractivity contribution in [3.8, 4) is 11.1 Å². The summed E-state index contributed by atoms with van der Waals surface area (Å²) < 4.78 is 0. The molecule has 4 aromatic carbocycles. The lowest BCUT2D eigenvalue weighted by Crippen LogP contribution is -2.29. The van der Waals surface area contributed by atoms with Crippen LogP contribution >= 0.6 is 0 Å². The topological polar surface area (TPSA) is 0 Å². The Morgan fingerprint density at radius 2 is 1.24 bits per heavy atom. The molecule has 0 saturated heterocycles. The van der Waals surface area contributed by atoms with Gasteiger partial charge in [0.1, 0.15) is 0 Å². The minimum atomic E-state index is -1.44. The van der Waals surface area contributed by atoms with Gasteiger partial charge in [-0.25, -0.2) is 0 Å². The van der Waals surface area contributed by atoms with E-state index in [1.165, 1.54) is 50.1 Å². The van der Waals surface area contributed by atoms with Gasteiger partial charge in [-0.05, 0) is 97.4 Å². The van der Waals surface area contributed by atoms with Gasteiger partial charge in [0.2, 0.25) is 0 Å². The Morgan fingerprint density at radius 1 is 0.644 bits per heavy atom. The number of rotatable bonds is 6. The minimum absolute atomic E-state index is 0.00214. The number of hydrogen-bond acceptors (Lipinski definition) is 0. The second-order valence-corrected chi connectivity index (χ2v) is 22.0. The van der Waals surface area contributed by atoms with Crippen LogP contribution in [0.3, 0.4) is 0 Å². The van der Waals surface area contributed by atoms with Crippen LogP contribution in [0.2, 0.25) is 19.6 Å². The fourth-order valence-corrected chi connectivity index (χ4v) is 8.89. The summed E-state index contributed by atoms with van der Waals surface area (Å²) in [5.74, 6) is 0.